The van der Waals surface area contributed by atoms with E-state index >= 15 is 0 Å². The predicted molar refractivity (Wildman–Crippen MR) is 83.5 cm³/mol. The van der Waals surface area contributed by atoms with Gasteiger partial charge in [-0.1, -0.05) is 26.0 Å². The van der Waals surface area contributed by atoms with Crippen LogP contribution >= 0.6 is 0 Å². The Bertz CT molecular complexity index is 627. The zero-order chi connectivity index (χ0) is 15.4. The molecule has 1 aromatic heterocycles. The van der Waals surface area contributed by atoms with Crippen LogP contribution < -0.4 is 14.8 Å². The zero-order valence-electron chi connectivity index (χ0n) is 13.1. The van der Waals surface area contributed by atoms with Crippen molar-refractivity contribution in [3.05, 3.63) is 35.7 Å². The topological polar surface area (TPSA) is 56.3 Å². The molecule has 0 bridgehead atoms. The van der Waals surface area contributed by atoms with Gasteiger partial charge in [-0.05, 0) is 19.1 Å². The van der Waals surface area contributed by atoms with E-state index in [9.17, 15) is 0 Å². The molecule has 0 saturated carbocycles. The molecule has 0 aliphatic heterocycles. The first-order valence-corrected chi connectivity index (χ1v) is 6.94. The number of methoxy groups -OCH3 is 1. The van der Waals surface area contributed by atoms with Gasteiger partial charge in [-0.3, -0.25) is 0 Å². The Balaban J connectivity index is 2.45. The van der Waals surface area contributed by atoms with Crippen molar-refractivity contribution in [3.8, 4) is 17.4 Å². The Hall–Kier alpha value is -2.30. The fourth-order valence-electron chi connectivity index (χ4n) is 1.92. The first-order valence-electron chi connectivity index (χ1n) is 6.94. The fourth-order valence-corrected chi connectivity index (χ4v) is 1.92. The van der Waals surface area contributed by atoms with Gasteiger partial charge in [0.15, 0.2) is 11.5 Å². The first-order chi connectivity index (χ1) is 10.1. The monoisotopic (exact) mass is 287 g/mol. The molecule has 0 unspecified atom stereocenters. The molecule has 1 aromatic carbocycles. The lowest BCUT2D eigenvalue weighted by Crippen LogP contribution is -2.06. The summed E-state index contributed by atoms with van der Waals surface area (Å²) in [5.41, 5.74) is 0.868. The number of hydrogen-bond donors (Lipinski definition) is 1. The summed E-state index contributed by atoms with van der Waals surface area (Å²) in [4.78, 5) is 9.02. The maximum absolute atomic E-state index is 5.95. The summed E-state index contributed by atoms with van der Waals surface area (Å²) < 4.78 is 11.3. The van der Waals surface area contributed by atoms with Crippen molar-refractivity contribution in [3.63, 3.8) is 0 Å². The van der Waals surface area contributed by atoms with E-state index in [1.54, 1.807) is 7.11 Å². The van der Waals surface area contributed by atoms with Gasteiger partial charge in [-0.2, -0.15) is 4.98 Å². The van der Waals surface area contributed by atoms with Gasteiger partial charge in [-0.25, -0.2) is 4.98 Å². The van der Waals surface area contributed by atoms with Gasteiger partial charge in [0.05, 0.1) is 12.7 Å². The van der Waals surface area contributed by atoms with Crippen LogP contribution in [0.2, 0.25) is 0 Å². The van der Waals surface area contributed by atoms with Gasteiger partial charge < -0.3 is 14.8 Å². The van der Waals surface area contributed by atoms with Crippen LogP contribution in [0.15, 0.2) is 24.3 Å². The van der Waals surface area contributed by atoms with Crippen molar-refractivity contribution in [2.24, 2.45) is 0 Å². The summed E-state index contributed by atoms with van der Waals surface area (Å²) in [5, 5.41) is 3.08. The lowest BCUT2D eigenvalue weighted by Gasteiger charge is -2.15. The predicted octanol–water partition coefficient (Wildman–Crippen LogP) is 3.75. The molecule has 0 amide bonds. The molecule has 2 aromatic rings. The second-order valence-electron chi connectivity index (χ2n) is 5.02. The van der Waals surface area contributed by atoms with Gasteiger partial charge in [0.2, 0.25) is 5.88 Å². The molecule has 2 rings (SSSR count). The standard InChI is InChI=1S/C16H21N3O2/c1-10(2)14-18-15(17-4)11(3)16(19-14)21-13-9-7-6-8-12(13)20-5/h6-10H,1-5H3,(H,17,18,19). The summed E-state index contributed by atoms with van der Waals surface area (Å²) in [6.07, 6.45) is 0. The number of ether oxygens (including phenoxy) is 2. The van der Waals surface area contributed by atoms with Crippen molar-refractivity contribution in [2.75, 3.05) is 19.5 Å². The van der Waals surface area contributed by atoms with Crippen LogP contribution in [0.4, 0.5) is 5.82 Å². The Kier molecular flexibility index (Phi) is 4.62. The van der Waals surface area contributed by atoms with Crippen molar-refractivity contribution in [1.29, 1.82) is 0 Å². The molecule has 0 fully saturated rings. The molecule has 0 saturated heterocycles. The average molecular weight is 287 g/mol. The second-order valence-corrected chi connectivity index (χ2v) is 5.02. The quantitative estimate of drug-likeness (QED) is 0.907. The van der Waals surface area contributed by atoms with E-state index in [-0.39, 0.29) is 5.92 Å². The SMILES string of the molecule is CNc1nc(C(C)C)nc(Oc2ccccc2OC)c1C. The van der Waals surface area contributed by atoms with Crippen LogP contribution in [0.1, 0.15) is 31.2 Å². The number of nitrogens with one attached hydrogen (secondary N) is 1. The molecule has 21 heavy (non-hydrogen) atoms. The van der Waals surface area contributed by atoms with Crippen LogP contribution in [-0.4, -0.2) is 24.1 Å². The van der Waals surface area contributed by atoms with E-state index in [1.807, 2.05) is 38.2 Å². The highest BCUT2D eigenvalue weighted by Gasteiger charge is 2.15. The molecule has 1 heterocycles. The summed E-state index contributed by atoms with van der Waals surface area (Å²) in [7, 11) is 3.46. The molecule has 0 atom stereocenters. The minimum Gasteiger partial charge on any atom is -0.493 e. The lowest BCUT2D eigenvalue weighted by molar-refractivity contribution is 0.372. The smallest absolute Gasteiger partial charge is 0.227 e. The van der Waals surface area contributed by atoms with E-state index < -0.39 is 0 Å². The van der Waals surface area contributed by atoms with E-state index in [2.05, 4.69) is 29.1 Å². The van der Waals surface area contributed by atoms with Gasteiger partial charge in [0, 0.05) is 13.0 Å². The molecule has 0 radical (unpaired) electrons. The molecule has 0 aliphatic rings. The number of rotatable bonds is 5. The van der Waals surface area contributed by atoms with E-state index in [1.165, 1.54) is 0 Å². The highest BCUT2D eigenvalue weighted by Crippen LogP contribution is 2.33. The molecule has 5 nitrogen and oxygen atoms in total. The van der Waals surface area contributed by atoms with Crippen molar-refractivity contribution < 1.29 is 9.47 Å². The molecule has 0 aliphatic carbocycles. The Morgan fingerprint density at radius 1 is 1.10 bits per heavy atom. The summed E-state index contributed by atoms with van der Waals surface area (Å²) in [6.45, 7) is 6.04. The third kappa shape index (κ3) is 3.24. The third-order valence-corrected chi connectivity index (χ3v) is 3.15. The summed E-state index contributed by atoms with van der Waals surface area (Å²) >= 11 is 0. The Labute approximate surface area is 125 Å². The van der Waals surface area contributed by atoms with Crippen LogP contribution in [-0.2, 0) is 0 Å². The van der Waals surface area contributed by atoms with Crippen LogP contribution in [0.3, 0.4) is 0 Å². The van der Waals surface area contributed by atoms with Crippen molar-refractivity contribution in [1.82, 2.24) is 9.97 Å². The third-order valence-electron chi connectivity index (χ3n) is 3.15. The van der Waals surface area contributed by atoms with E-state index in [0.29, 0.717) is 17.4 Å². The van der Waals surface area contributed by atoms with E-state index in [0.717, 1.165) is 17.2 Å². The molecular weight excluding hydrogens is 266 g/mol. The minimum atomic E-state index is 0.220. The average Bonchev–Trinajstić information content (AvgIpc) is 2.49. The number of nitrogens with zero attached hydrogens (tertiary/aromatic N) is 2. The number of para-hydroxylation sites is 2. The maximum atomic E-state index is 5.95. The highest BCUT2D eigenvalue weighted by molar-refractivity contribution is 5.50. The zero-order valence-corrected chi connectivity index (χ0v) is 13.1. The van der Waals surface area contributed by atoms with Crippen molar-refractivity contribution in [2.45, 2.75) is 26.7 Å². The highest BCUT2D eigenvalue weighted by atomic mass is 16.5. The van der Waals surface area contributed by atoms with Gasteiger partial charge in [0.25, 0.3) is 0 Å². The molecule has 0 spiro atoms. The van der Waals surface area contributed by atoms with E-state index in [4.69, 9.17) is 9.47 Å². The number of aromatic nitrogens is 2. The van der Waals surface area contributed by atoms with Crippen LogP contribution in [0, 0.1) is 6.92 Å². The molecule has 112 valence electrons. The molecule has 1 N–H and O–H groups in total. The van der Waals surface area contributed by atoms with Crippen LogP contribution in [0.25, 0.3) is 0 Å². The maximum Gasteiger partial charge on any atom is 0.227 e. The normalized spacial score (nSPS) is 10.6. The van der Waals surface area contributed by atoms with Crippen LogP contribution in [0.5, 0.6) is 17.4 Å². The first kappa shape index (κ1) is 15.1. The molecular formula is C16H21N3O2. The van der Waals surface area contributed by atoms with Gasteiger partial charge in [0.1, 0.15) is 11.6 Å². The van der Waals surface area contributed by atoms with Gasteiger partial charge in [-0.15, -0.1) is 0 Å². The number of anilines is 1. The summed E-state index contributed by atoms with van der Waals surface area (Å²) in [5.74, 6) is 3.60. The second kappa shape index (κ2) is 6.43. The Morgan fingerprint density at radius 3 is 2.33 bits per heavy atom. The number of benzene rings is 1. The van der Waals surface area contributed by atoms with Gasteiger partial charge >= 0.3 is 0 Å². The minimum absolute atomic E-state index is 0.220. The Morgan fingerprint density at radius 2 is 1.76 bits per heavy atom. The largest absolute Gasteiger partial charge is 0.493 e. The lowest BCUT2D eigenvalue weighted by atomic mass is 10.2. The van der Waals surface area contributed by atoms with Crippen molar-refractivity contribution >= 4 is 5.82 Å². The fraction of sp³-hybridized carbons (Fsp3) is 0.375. The number of hydrogen-bond acceptors (Lipinski definition) is 5. The summed E-state index contributed by atoms with van der Waals surface area (Å²) in [6, 6.07) is 7.51. The molecule has 5 heteroatoms.